The van der Waals surface area contributed by atoms with E-state index in [2.05, 4.69) is 27.1 Å². The van der Waals surface area contributed by atoms with E-state index in [9.17, 15) is 9.59 Å². The Morgan fingerprint density at radius 2 is 1.90 bits per heavy atom. The summed E-state index contributed by atoms with van der Waals surface area (Å²) in [4.78, 5) is 26.4. The van der Waals surface area contributed by atoms with Crippen LogP contribution in [0.2, 0.25) is 0 Å². The molecule has 0 aliphatic carbocycles. The molecule has 1 aromatic carbocycles. The molecule has 0 unspecified atom stereocenters. The number of aryl methyl sites for hydroxylation is 2. The van der Waals surface area contributed by atoms with Gasteiger partial charge in [-0.1, -0.05) is 36.4 Å². The number of aromatic nitrogens is 3. The molecule has 6 nitrogen and oxygen atoms in total. The minimum atomic E-state index is -0.235. The highest BCUT2D eigenvalue weighted by Gasteiger charge is 2.17. The molecule has 0 atom stereocenters. The van der Waals surface area contributed by atoms with Gasteiger partial charge in [-0.3, -0.25) is 9.59 Å². The van der Waals surface area contributed by atoms with Crippen LogP contribution in [0.4, 0.5) is 0 Å². The zero-order valence-corrected chi connectivity index (χ0v) is 17.2. The Morgan fingerprint density at radius 3 is 2.62 bits per heavy atom. The van der Waals surface area contributed by atoms with E-state index in [-0.39, 0.29) is 18.0 Å². The maximum atomic E-state index is 13.0. The summed E-state index contributed by atoms with van der Waals surface area (Å²) in [5.74, 6) is -0.231. The van der Waals surface area contributed by atoms with Crippen molar-refractivity contribution in [2.24, 2.45) is 0 Å². The zero-order valence-electron chi connectivity index (χ0n) is 16.4. The van der Waals surface area contributed by atoms with Gasteiger partial charge in [-0.15, -0.1) is 11.3 Å². The Morgan fingerprint density at radius 1 is 1.10 bits per heavy atom. The van der Waals surface area contributed by atoms with E-state index >= 15 is 0 Å². The first-order valence-corrected chi connectivity index (χ1v) is 10.3. The lowest BCUT2D eigenvalue weighted by atomic mass is 10.2. The standard InChI is InChI=1S/C22H22N4O2S/c1-15-19-12-24-26(14-20(27)23-11-18-9-6-10-29-18)22(28)21(19)16(2)25(15)13-17-7-4-3-5-8-17/h3-10,12H,11,13-14H2,1-2H3,(H,23,27). The van der Waals surface area contributed by atoms with Crippen molar-refractivity contribution in [1.82, 2.24) is 19.7 Å². The highest BCUT2D eigenvalue weighted by molar-refractivity contribution is 7.09. The Balaban J connectivity index is 1.60. The summed E-state index contributed by atoms with van der Waals surface area (Å²) in [5, 5.41) is 10.5. The first-order valence-electron chi connectivity index (χ1n) is 9.43. The first kappa shape index (κ1) is 19.1. The number of nitrogens with one attached hydrogen (secondary N) is 1. The smallest absolute Gasteiger partial charge is 0.276 e. The van der Waals surface area contributed by atoms with Gasteiger partial charge in [0.25, 0.3) is 5.56 Å². The van der Waals surface area contributed by atoms with E-state index < -0.39 is 0 Å². The number of hydrogen-bond acceptors (Lipinski definition) is 4. The molecule has 1 N–H and O–H groups in total. The number of fused-ring (bicyclic) bond motifs is 1. The van der Waals surface area contributed by atoms with Crippen LogP contribution < -0.4 is 10.9 Å². The third kappa shape index (κ3) is 3.86. The molecule has 148 valence electrons. The maximum absolute atomic E-state index is 13.0. The van der Waals surface area contributed by atoms with Crippen molar-refractivity contribution < 1.29 is 4.79 Å². The average molecular weight is 407 g/mol. The Bertz CT molecular complexity index is 1210. The second-order valence-corrected chi connectivity index (χ2v) is 8.03. The van der Waals surface area contributed by atoms with Crippen molar-refractivity contribution in [2.75, 3.05) is 0 Å². The van der Waals surface area contributed by atoms with Crippen molar-refractivity contribution in [3.63, 3.8) is 0 Å². The fourth-order valence-electron chi connectivity index (χ4n) is 3.55. The summed E-state index contributed by atoms with van der Waals surface area (Å²) in [5.41, 5.74) is 2.82. The lowest BCUT2D eigenvalue weighted by Gasteiger charge is -2.09. The predicted molar refractivity (Wildman–Crippen MR) is 115 cm³/mol. The van der Waals surface area contributed by atoms with Gasteiger partial charge in [-0.2, -0.15) is 5.10 Å². The molecular weight excluding hydrogens is 384 g/mol. The third-order valence-corrected chi connectivity index (χ3v) is 6.00. The van der Waals surface area contributed by atoms with Crippen LogP contribution in [0.15, 0.2) is 58.8 Å². The highest BCUT2D eigenvalue weighted by atomic mass is 32.1. The number of carbonyl (C=O) groups excluding carboxylic acids is 1. The SMILES string of the molecule is Cc1c2cnn(CC(=O)NCc3cccs3)c(=O)c2c(C)n1Cc1ccccc1. The van der Waals surface area contributed by atoms with E-state index in [0.29, 0.717) is 18.5 Å². The van der Waals surface area contributed by atoms with Gasteiger partial charge in [-0.25, -0.2) is 4.68 Å². The van der Waals surface area contributed by atoms with Crippen molar-refractivity contribution in [2.45, 2.75) is 33.5 Å². The number of carbonyl (C=O) groups is 1. The largest absolute Gasteiger partial charge is 0.350 e. The van der Waals surface area contributed by atoms with Crippen LogP contribution in [-0.2, 0) is 24.4 Å². The van der Waals surface area contributed by atoms with Crippen molar-refractivity contribution in [3.8, 4) is 0 Å². The molecule has 0 spiro atoms. The quantitative estimate of drug-likeness (QED) is 0.534. The molecule has 0 aliphatic heterocycles. The summed E-state index contributed by atoms with van der Waals surface area (Å²) < 4.78 is 3.37. The van der Waals surface area contributed by atoms with E-state index in [4.69, 9.17) is 0 Å². The van der Waals surface area contributed by atoms with Crippen molar-refractivity contribution >= 4 is 28.0 Å². The van der Waals surface area contributed by atoms with E-state index in [1.165, 1.54) is 10.2 Å². The van der Waals surface area contributed by atoms with Gasteiger partial charge in [0, 0.05) is 28.2 Å². The van der Waals surface area contributed by atoms with Crippen LogP contribution in [0.5, 0.6) is 0 Å². The summed E-state index contributed by atoms with van der Waals surface area (Å²) in [6.07, 6.45) is 1.69. The Hall–Kier alpha value is -3.19. The number of benzene rings is 1. The van der Waals surface area contributed by atoms with Crippen molar-refractivity contribution in [1.29, 1.82) is 0 Å². The molecule has 0 saturated carbocycles. The fraction of sp³-hybridized carbons (Fsp3) is 0.227. The van der Waals surface area contributed by atoms with Crippen LogP contribution in [0.25, 0.3) is 10.8 Å². The van der Waals surface area contributed by atoms with E-state index in [0.717, 1.165) is 21.7 Å². The minimum Gasteiger partial charge on any atom is -0.350 e. The topological polar surface area (TPSA) is 68.9 Å². The molecule has 0 aliphatic rings. The zero-order chi connectivity index (χ0) is 20.4. The van der Waals surface area contributed by atoms with Crippen LogP contribution in [0.3, 0.4) is 0 Å². The van der Waals surface area contributed by atoms with Gasteiger partial charge in [0.15, 0.2) is 0 Å². The Labute approximate surface area is 172 Å². The van der Waals surface area contributed by atoms with E-state index in [1.807, 2.05) is 49.6 Å². The van der Waals surface area contributed by atoms with Crippen molar-refractivity contribution in [3.05, 3.63) is 86.2 Å². The van der Waals surface area contributed by atoms with Gasteiger partial charge in [0.1, 0.15) is 6.54 Å². The summed E-state index contributed by atoms with van der Waals surface area (Å²) in [6, 6.07) is 14.0. The lowest BCUT2D eigenvalue weighted by Crippen LogP contribution is -2.33. The van der Waals surface area contributed by atoms with Crippen LogP contribution in [-0.4, -0.2) is 20.3 Å². The molecule has 4 rings (SSSR count). The molecule has 0 saturated heterocycles. The van der Waals surface area contributed by atoms with Gasteiger partial charge in [-0.05, 0) is 30.9 Å². The lowest BCUT2D eigenvalue weighted by molar-refractivity contribution is -0.122. The molecule has 0 fully saturated rings. The summed E-state index contributed by atoms with van der Waals surface area (Å²) in [6.45, 7) is 4.99. The second-order valence-electron chi connectivity index (χ2n) is 6.99. The van der Waals surface area contributed by atoms with Gasteiger partial charge >= 0.3 is 0 Å². The number of nitrogens with zero attached hydrogens (tertiary/aromatic N) is 3. The molecule has 7 heteroatoms. The van der Waals surface area contributed by atoms with Gasteiger partial charge in [0.05, 0.1) is 18.1 Å². The number of rotatable bonds is 6. The number of hydrogen-bond donors (Lipinski definition) is 1. The Kier molecular flexibility index (Phi) is 5.31. The average Bonchev–Trinajstić information content (AvgIpc) is 3.32. The molecule has 0 radical (unpaired) electrons. The van der Waals surface area contributed by atoms with E-state index in [1.54, 1.807) is 17.5 Å². The normalized spacial score (nSPS) is 11.1. The monoisotopic (exact) mass is 406 g/mol. The molecule has 4 aromatic rings. The van der Waals surface area contributed by atoms with Crippen LogP contribution in [0, 0.1) is 13.8 Å². The molecule has 0 bridgehead atoms. The van der Waals surface area contributed by atoms with Gasteiger partial charge < -0.3 is 9.88 Å². The highest BCUT2D eigenvalue weighted by Crippen LogP contribution is 2.23. The maximum Gasteiger partial charge on any atom is 0.276 e. The van der Waals surface area contributed by atoms with Crippen LogP contribution >= 0.6 is 11.3 Å². The van der Waals surface area contributed by atoms with Crippen LogP contribution in [0.1, 0.15) is 21.8 Å². The number of thiophene rings is 1. The molecule has 3 heterocycles. The molecule has 29 heavy (non-hydrogen) atoms. The summed E-state index contributed by atoms with van der Waals surface area (Å²) in [7, 11) is 0. The number of amides is 1. The first-order chi connectivity index (χ1) is 14.0. The third-order valence-electron chi connectivity index (χ3n) is 5.12. The fourth-order valence-corrected chi connectivity index (χ4v) is 4.20. The second kappa shape index (κ2) is 8.05. The minimum absolute atomic E-state index is 0.0947. The molecular formula is C22H22N4O2S. The molecule has 3 aromatic heterocycles. The summed E-state index contributed by atoms with van der Waals surface area (Å²) >= 11 is 1.58. The van der Waals surface area contributed by atoms with Gasteiger partial charge in [0.2, 0.25) is 5.91 Å². The molecule has 1 amide bonds. The predicted octanol–water partition coefficient (Wildman–Crippen LogP) is 3.24.